The van der Waals surface area contributed by atoms with Gasteiger partial charge in [-0.05, 0) is 11.1 Å². The Labute approximate surface area is 153 Å². The molecule has 1 heterocycles. The normalized spacial score (nSPS) is 29.0. The minimum atomic E-state index is -1.21. The fourth-order valence-electron chi connectivity index (χ4n) is 3.32. The van der Waals surface area contributed by atoms with Crippen molar-refractivity contribution in [2.75, 3.05) is 6.61 Å². The second-order valence-electron chi connectivity index (χ2n) is 6.68. The Hall–Kier alpha value is -1.80. The second-order valence-corrected chi connectivity index (χ2v) is 6.68. The summed E-state index contributed by atoms with van der Waals surface area (Å²) in [4.78, 5) is 2.02. The lowest BCUT2D eigenvalue weighted by Gasteiger charge is -2.45. The molecule has 0 aromatic heterocycles. The summed E-state index contributed by atoms with van der Waals surface area (Å²) in [6.45, 7) is 0.746. The van der Waals surface area contributed by atoms with Gasteiger partial charge >= 0.3 is 0 Å². The summed E-state index contributed by atoms with van der Waals surface area (Å²) in [5.74, 6) is 0. The number of nitrogens with two attached hydrogens (primary N) is 1. The van der Waals surface area contributed by atoms with E-state index in [1.165, 1.54) is 0 Å². The first-order valence-electron chi connectivity index (χ1n) is 8.80. The van der Waals surface area contributed by atoms with Crippen LogP contribution in [0.5, 0.6) is 0 Å². The van der Waals surface area contributed by atoms with Crippen molar-refractivity contribution in [1.82, 2.24) is 4.90 Å². The number of aliphatic hydroxyl groups excluding tert-OH is 3. The molecule has 3 rings (SSSR count). The molecule has 0 spiro atoms. The maximum Gasteiger partial charge on any atom is 0.129 e. The Balaban J connectivity index is 1.85. The summed E-state index contributed by atoms with van der Waals surface area (Å²) in [6, 6.07) is 19.0. The van der Waals surface area contributed by atoms with E-state index in [1.54, 1.807) is 0 Å². The Bertz CT molecular complexity index is 627. The van der Waals surface area contributed by atoms with Crippen molar-refractivity contribution in [3.8, 4) is 0 Å². The van der Waals surface area contributed by atoms with Gasteiger partial charge in [-0.1, -0.05) is 60.7 Å². The number of hydrogen-bond acceptors (Lipinski definition) is 6. The number of ether oxygens (including phenoxy) is 1. The topological polar surface area (TPSA) is 99.2 Å². The predicted octanol–water partition coefficient (Wildman–Crippen LogP) is 0.455. The summed E-state index contributed by atoms with van der Waals surface area (Å²) in [6.07, 6.45) is -3.88. The van der Waals surface area contributed by atoms with Crippen LogP contribution in [0.2, 0.25) is 0 Å². The molecule has 1 saturated heterocycles. The average molecular weight is 358 g/mol. The molecule has 5 N–H and O–H groups in total. The molecule has 2 aromatic carbocycles. The largest absolute Gasteiger partial charge is 0.394 e. The van der Waals surface area contributed by atoms with E-state index >= 15 is 0 Å². The van der Waals surface area contributed by atoms with Crippen molar-refractivity contribution in [2.24, 2.45) is 5.73 Å². The van der Waals surface area contributed by atoms with Gasteiger partial charge in [0, 0.05) is 13.1 Å². The molecule has 0 amide bonds. The summed E-state index contributed by atoms with van der Waals surface area (Å²) >= 11 is 0. The molecule has 1 fully saturated rings. The number of hydrogen-bond donors (Lipinski definition) is 4. The van der Waals surface area contributed by atoms with Crippen LogP contribution in [0.4, 0.5) is 0 Å². The van der Waals surface area contributed by atoms with Gasteiger partial charge in [-0.15, -0.1) is 0 Å². The highest BCUT2D eigenvalue weighted by atomic mass is 16.5. The van der Waals surface area contributed by atoms with Gasteiger partial charge in [0.05, 0.1) is 12.6 Å². The van der Waals surface area contributed by atoms with E-state index in [1.807, 2.05) is 65.6 Å². The summed E-state index contributed by atoms with van der Waals surface area (Å²) in [7, 11) is 0. The maximum atomic E-state index is 10.3. The number of benzene rings is 2. The van der Waals surface area contributed by atoms with E-state index in [-0.39, 0.29) is 6.61 Å². The van der Waals surface area contributed by atoms with Crippen molar-refractivity contribution in [2.45, 2.75) is 43.7 Å². The van der Waals surface area contributed by atoms with Gasteiger partial charge in [-0.2, -0.15) is 0 Å². The highest BCUT2D eigenvalue weighted by molar-refractivity contribution is 5.17. The summed E-state index contributed by atoms with van der Waals surface area (Å²) in [5.41, 5.74) is 8.35. The van der Waals surface area contributed by atoms with Crippen molar-refractivity contribution >= 4 is 0 Å². The van der Waals surface area contributed by atoms with E-state index in [9.17, 15) is 15.3 Å². The predicted molar refractivity (Wildman–Crippen MR) is 97.9 cm³/mol. The lowest BCUT2D eigenvalue weighted by Crippen LogP contribution is -2.65. The number of nitrogens with zero attached hydrogens (tertiary/aromatic N) is 1. The van der Waals surface area contributed by atoms with Crippen LogP contribution in [-0.2, 0) is 17.8 Å². The third-order valence-corrected chi connectivity index (χ3v) is 4.77. The standard InChI is InChI=1S/C20H26N2O4/c21-17-19(25)18(24)16(13-23)26-20(17)22(11-14-7-3-1-4-8-14)12-15-9-5-2-6-10-15/h1-10,16-20,23-25H,11-13,21H2/t16-,17+,18-,19-,20?/m1/s1. The lowest BCUT2D eigenvalue weighted by molar-refractivity contribution is -0.230. The van der Waals surface area contributed by atoms with Crippen LogP contribution in [0.3, 0.4) is 0 Å². The molecule has 1 unspecified atom stereocenters. The van der Waals surface area contributed by atoms with E-state index in [2.05, 4.69) is 0 Å². The molecule has 6 heteroatoms. The zero-order chi connectivity index (χ0) is 18.5. The molecule has 26 heavy (non-hydrogen) atoms. The van der Waals surface area contributed by atoms with E-state index in [4.69, 9.17) is 10.5 Å². The highest BCUT2D eigenvalue weighted by Crippen LogP contribution is 2.25. The van der Waals surface area contributed by atoms with Crippen LogP contribution < -0.4 is 5.73 Å². The van der Waals surface area contributed by atoms with Crippen molar-refractivity contribution in [3.63, 3.8) is 0 Å². The molecule has 0 radical (unpaired) electrons. The highest BCUT2D eigenvalue weighted by Gasteiger charge is 2.44. The van der Waals surface area contributed by atoms with Gasteiger partial charge in [-0.25, -0.2) is 0 Å². The van der Waals surface area contributed by atoms with Gasteiger partial charge < -0.3 is 25.8 Å². The van der Waals surface area contributed by atoms with Gasteiger partial charge in [0.1, 0.15) is 24.5 Å². The third kappa shape index (κ3) is 4.29. The molecule has 0 bridgehead atoms. The van der Waals surface area contributed by atoms with Gasteiger partial charge in [0.2, 0.25) is 0 Å². The summed E-state index contributed by atoms with van der Waals surface area (Å²) < 4.78 is 5.88. The molecular weight excluding hydrogens is 332 g/mol. The molecule has 0 aliphatic carbocycles. The van der Waals surface area contributed by atoms with E-state index < -0.39 is 30.6 Å². The minimum absolute atomic E-state index is 0.383. The van der Waals surface area contributed by atoms with Gasteiger partial charge in [0.25, 0.3) is 0 Å². The zero-order valence-electron chi connectivity index (χ0n) is 14.6. The summed E-state index contributed by atoms with van der Waals surface area (Å²) in [5, 5.41) is 29.8. The minimum Gasteiger partial charge on any atom is -0.394 e. The Morgan fingerprint density at radius 1 is 0.846 bits per heavy atom. The molecule has 6 nitrogen and oxygen atoms in total. The Morgan fingerprint density at radius 2 is 1.35 bits per heavy atom. The van der Waals surface area contributed by atoms with Crippen LogP contribution in [0, 0.1) is 0 Å². The van der Waals surface area contributed by atoms with Crippen LogP contribution >= 0.6 is 0 Å². The van der Waals surface area contributed by atoms with Crippen molar-refractivity contribution < 1.29 is 20.1 Å². The van der Waals surface area contributed by atoms with Crippen molar-refractivity contribution in [3.05, 3.63) is 71.8 Å². The first-order valence-corrected chi connectivity index (χ1v) is 8.80. The lowest BCUT2D eigenvalue weighted by atomic mass is 9.95. The second kappa shape index (κ2) is 8.73. The zero-order valence-corrected chi connectivity index (χ0v) is 14.6. The Morgan fingerprint density at radius 3 is 1.81 bits per heavy atom. The van der Waals surface area contributed by atoms with E-state index in [0.717, 1.165) is 11.1 Å². The first kappa shape index (κ1) is 19.0. The molecule has 2 aromatic rings. The average Bonchev–Trinajstić information content (AvgIpc) is 2.68. The Kier molecular flexibility index (Phi) is 6.37. The van der Waals surface area contributed by atoms with Gasteiger partial charge in [-0.3, -0.25) is 4.90 Å². The molecule has 5 atom stereocenters. The molecule has 1 aliphatic rings. The van der Waals surface area contributed by atoms with Gasteiger partial charge in [0.15, 0.2) is 0 Å². The first-order chi connectivity index (χ1) is 12.6. The van der Waals surface area contributed by atoms with E-state index in [0.29, 0.717) is 13.1 Å². The number of aliphatic hydroxyl groups is 3. The van der Waals surface area contributed by atoms with Crippen LogP contribution in [0.15, 0.2) is 60.7 Å². The van der Waals surface area contributed by atoms with Crippen LogP contribution in [-0.4, -0.2) is 57.4 Å². The fraction of sp³-hybridized carbons (Fsp3) is 0.400. The van der Waals surface area contributed by atoms with Crippen LogP contribution in [0.1, 0.15) is 11.1 Å². The molecule has 1 aliphatic heterocycles. The van der Waals surface area contributed by atoms with Crippen molar-refractivity contribution in [1.29, 1.82) is 0 Å². The third-order valence-electron chi connectivity index (χ3n) is 4.77. The number of rotatable bonds is 6. The molecule has 0 saturated carbocycles. The molecule has 140 valence electrons. The fourth-order valence-corrected chi connectivity index (χ4v) is 3.32. The monoisotopic (exact) mass is 358 g/mol. The molecular formula is C20H26N2O4. The SMILES string of the molecule is N[C@@H]1C(N(Cc2ccccc2)Cc2ccccc2)O[C@H](CO)[C@@H](O)[C@@H]1O. The smallest absolute Gasteiger partial charge is 0.129 e. The quantitative estimate of drug-likeness (QED) is 0.599. The maximum absolute atomic E-state index is 10.3. The van der Waals surface area contributed by atoms with Crippen LogP contribution in [0.25, 0.3) is 0 Å².